The van der Waals surface area contributed by atoms with E-state index in [1.54, 1.807) is 6.08 Å². The highest BCUT2D eigenvalue weighted by molar-refractivity contribution is 6.36. The molecule has 0 saturated carbocycles. The Morgan fingerprint density at radius 3 is 2.77 bits per heavy atom. The molecule has 0 saturated heterocycles. The number of carbonyl (C=O) groups is 2. The third-order valence-corrected chi connectivity index (χ3v) is 1.78. The maximum Gasteiger partial charge on any atom is 0.201 e. The van der Waals surface area contributed by atoms with Gasteiger partial charge in [-0.2, -0.15) is 0 Å². The van der Waals surface area contributed by atoms with Crippen LogP contribution in [0.2, 0.25) is 0 Å². The van der Waals surface area contributed by atoms with Crippen LogP contribution in [0.1, 0.15) is 12.8 Å². The minimum absolute atomic E-state index is 0.491. The molecule has 0 spiro atoms. The monoisotopic (exact) mass is 181 g/mol. The van der Waals surface area contributed by atoms with Crippen molar-refractivity contribution in [3.63, 3.8) is 0 Å². The molecule has 1 aliphatic rings. The normalized spacial score (nSPS) is 24.7. The maximum absolute atomic E-state index is 10.7. The summed E-state index contributed by atoms with van der Waals surface area (Å²) in [4.78, 5) is 20.7. The van der Waals surface area contributed by atoms with E-state index in [4.69, 9.17) is 5.11 Å². The molecule has 0 aromatic carbocycles. The summed E-state index contributed by atoms with van der Waals surface area (Å²) < 4.78 is 0. The molecule has 0 bridgehead atoms. The van der Waals surface area contributed by atoms with Crippen LogP contribution >= 0.6 is 0 Å². The number of hydrogen-bond donors (Lipinski definition) is 1. The lowest BCUT2D eigenvalue weighted by Gasteiger charge is -2.12. The van der Waals surface area contributed by atoms with Crippen molar-refractivity contribution in [3.8, 4) is 0 Å². The highest BCUT2D eigenvalue weighted by atomic mass is 16.4. The van der Waals surface area contributed by atoms with Gasteiger partial charge in [-0.3, -0.25) is 4.79 Å². The second-order valence-corrected chi connectivity index (χ2v) is 2.84. The molecule has 1 rings (SSSR count). The lowest BCUT2D eigenvalue weighted by molar-refractivity contribution is -0.299. The standard InChI is InChI=1S/C9H10O4/c10-7-3-1-6(2-4-7)5-8(11)9(12)13/h1,3,5,7,10H,2,4H2,(H,12,13)/p-1/b6-5+/t7-/m0/s1. The fourth-order valence-corrected chi connectivity index (χ4v) is 1.08. The van der Waals surface area contributed by atoms with E-state index in [9.17, 15) is 14.7 Å². The van der Waals surface area contributed by atoms with Gasteiger partial charge in [0.15, 0.2) is 0 Å². The summed E-state index contributed by atoms with van der Waals surface area (Å²) in [5.74, 6) is -2.73. The number of aliphatic hydroxyl groups excluding tert-OH is 1. The Morgan fingerprint density at radius 1 is 1.62 bits per heavy atom. The van der Waals surface area contributed by atoms with Crippen LogP contribution in [0, 0.1) is 0 Å². The molecule has 70 valence electrons. The smallest absolute Gasteiger partial charge is 0.201 e. The van der Waals surface area contributed by atoms with Gasteiger partial charge in [-0.25, -0.2) is 0 Å². The number of aliphatic hydroxyl groups is 1. The molecule has 0 aromatic rings. The van der Waals surface area contributed by atoms with E-state index in [2.05, 4.69) is 0 Å². The topological polar surface area (TPSA) is 77.4 Å². The molecule has 0 aliphatic heterocycles. The van der Waals surface area contributed by atoms with Crippen molar-refractivity contribution in [2.24, 2.45) is 0 Å². The quantitative estimate of drug-likeness (QED) is 0.435. The molecule has 1 aliphatic carbocycles. The van der Waals surface area contributed by atoms with E-state index in [1.165, 1.54) is 6.08 Å². The Hall–Kier alpha value is -1.42. The zero-order valence-electron chi connectivity index (χ0n) is 6.90. The minimum atomic E-state index is -1.70. The minimum Gasteiger partial charge on any atom is -0.541 e. The first-order chi connectivity index (χ1) is 6.09. The Morgan fingerprint density at radius 2 is 2.31 bits per heavy atom. The SMILES string of the molecule is O=C([O-])C(=O)/C=C1\C=C[C@H](O)CC1. The van der Waals surface area contributed by atoms with Gasteiger partial charge in [0.05, 0.1) is 6.10 Å². The number of carboxylic acid groups (broad SMARTS) is 1. The second kappa shape index (κ2) is 4.00. The van der Waals surface area contributed by atoms with Gasteiger partial charge in [-0.05, 0) is 24.5 Å². The van der Waals surface area contributed by atoms with E-state index >= 15 is 0 Å². The highest BCUT2D eigenvalue weighted by Crippen LogP contribution is 2.16. The van der Waals surface area contributed by atoms with Crippen molar-refractivity contribution in [2.45, 2.75) is 18.9 Å². The highest BCUT2D eigenvalue weighted by Gasteiger charge is 2.08. The lowest BCUT2D eigenvalue weighted by atomic mass is 9.99. The lowest BCUT2D eigenvalue weighted by Crippen LogP contribution is -2.30. The van der Waals surface area contributed by atoms with Gasteiger partial charge in [-0.1, -0.05) is 12.2 Å². The second-order valence-electron chi connectivity index (χ2n) is 2.84. The van der Waals surface area contributed by atoms with Crippen LogP contribution in [0.5, 0.6) is 0 Å². The van der Waals surface area contributed by atoms with Crippen LogP contribution < -0.4 is 5.11 Å². The van der Waals surface area contributed by atoms with Crippen LogP contribution in [0.15, 0.2) is 23.8 Å². The predicted molar refractivity (Wildman–Crippen MR) is 42.5 cm³/mol. The van der Waals surface area contributed by atoms with Gasteiger partial charge in [0.1, 0.15) is 5.97 Å². The summed E-state index contributed by atoms with van der Waals surface area (Å²) in [6.07, 6.45) is 4.64. The largest absolute Gasteiger partial charge is 0.541 e. The van der Waals surface area contributed by atoms with Gasteiger partial charge >= 0.3 is 0 Å². The maximum atomic E-state index is 10.7. The molecule has 4 heteroatoms. The predicted octanol–water partition coefficient (Wildman–Crippen LogP) is -1.06. The Bertz CT molecular complexity index is 288. The number of aliphatic carboxylic acids is 1. The van der Waals surface area contributed by atoms with Gasteiger partial charge in [-0.15, -0.1) is 0 Å². The van der Waals surface area contributed by atoms with Gasteiger partial charge in [0, 0.05) is 0 Å². The number of ketones is 1. The molecule has 0 radical (unpaired) electrons. The Kier molecular flexibility index (Phi) is 2.97. The molecular weight excluding hydrogens is 172 g/mol. The van der Waals surface area contributed by atoms with Gasteiger partial charge < -0.3 is 15.0 Å². The summed E-state index contributed by atoms with van der Waals surface area (Å²) in [6, 6.07) is 0. The van der Waals surface area contributed by atoms with Crippen LogP contribution in [-0.2, 0) is 9.59 Å². The molecule has 13 heavy (non-hydrogen) atoms. The van der Waals surface area contributed by atoms with E-state index in [0.717, 1.165) is 6.08 Å². The van der Waals surface area contributed by atoms with Crippen LogP contribution in [0.3, 0.4) is 0 Å². The third kappa shape index (κ3) is 2.83. The van der Waals surface area contributed by atoms with E-state index < -0.39 is 17.9 Å². The average molecular weight is 181 g/mol. The van der Waals surface area contributed by atoms with Crippen molar-refractivity contribution in [3.05, 3.63) is 23.8 Å². The first-order valence-electron chi connectivity index (χ1n) is 3.92. The summed E-state index contributed by atoms with van der Waals surface area (Å²) in [6.45, 7) is 0. The van der Waals surface area contributed by atoms with E-state index in [0.29, 0.717) is 18.4 Å². The average Bonchev–Trinajstić information content (AvgIpc) is 2.08. The number of carbonyl (C=O) groups excluding carboxylic acids is 2. The third-order valence-electron chi connectivity index (χ3n) is 1.78. The van der Waals surface area contributed by atoms with Crippen molar-refractivity contribution in [2.75, 3.05) is 0 Å². The Labute approximate surface area is 75.2 Å². The molecule has 0 heterocycles. The Balaban J connectivity index is 2.68. The van der Waals surface area contributed by atoms with Crippen molar-refractivity contribution < 1.29 is 19.8 Å². The van der Waals surface area contributed by atoms with Crippen LogP contribution in [-0.4, -0.2) is 23.0 Å². The van der Waals surface area contributed by atoms with Crippen LogP contribution in [0.4, 0.5) is 0 Å². The van der Waals surface area contributed by atoms with E-state index in [1.807, 2.05) is 0 Å². The molecule has 1 N–H and O–H groups in total. The number of rotatable bonds is 2. The molecule has 0 fully saturated rings. The zero-order valence-corrected chi connectivity index (χ0v) is 6.90. The zero-order chi connectivity index (χ0) is 9.84. The summed E-state index contributed by atoms with van der Waals surface area (Å²) >= 11 is 0. The molecule has 0 amide bonds. The fraction of sp³-hybridized carbons (Fsp3) is 0.333. The van der Waals surface area contributed by atoms with Crippen molar-refractivity contribution >= 4 is 11.8 Å². The summed E-state index contributed by atoms with van der Waals surface area (Å²) in [5, 5.41) is 19.1. The molecule has 1 atom stereocenters. The summed E-state index contributed by atoms with van der Waals surface area (Å²) in [7, 11) is 0. The molecule has 0 aromatic heterocycles. The van der Waals surface area contributed by atoms with Gasteiger partial charge in [0.25, 0.3) is 0 Å². The fourth-order valence-electron chi connectivity index (χ4n) is 1.08. The number of hydrogen-bond acceptors (Lipinski definition) is 4. The summed E-state index contributed by atoms with van der Waals surface area (Å²) in [5.41, 5.74) is 0.611. The number of allylic oxidation sites excluding steroid dienone is 2. The van der Waals surface area contributed by atoms with Gasteiger partial charge in [0.2, 0.25) is 5.78 Å². The molecule has 0 unspecified atom stereocenters. The first-order valence-corrected chi connectivity index (χ1v) is 3.92. The van der Waals surface area contributed by atoms with Crippen molar-refractivity contribution in [1.29, 1.82) is 0 Å². The van der Waals surface area contributed by atoms with Crippen LogP contribution in [0.25, 0.3) is 0 Å². The first kappa shape index (κ1) is 9.67. The molecule has 4 nitrogen and oxygen atoms in total. The molecular formula is C9H9O4-. The number of carboxylic acids is 1. The van der Waals surface area contributed by atoms with E-state index in [-0.39, 0.29) is 0 Å². The van der Waals surface area contributed by atoms with Crippen molar-refractivity contribution in [1.82, 2.24) is 0 Å².